The van der Waals surface area contributed by atoms with Crippen LogP contribution >= 0.6 is 0 Å². The summed E-state index contributed by atoms with van der Waals surface area (Å²) in [5.74, 6) is 1.35. The van der Waals surface area contributed by atoms with Gasteiger partial charge < -0.3 is 14.4 Å². The normalized spacial score (nSPS) is 25.6. The van der Waals surface area contributed by atoms with Gasteiger partial charge in [-0.1, -0.05) is 13.8 Å². The van der Waals surface area contributed by atoms with Crippen molar-refractivity contribution in [3.63, 3.8) is 0 Å². The molecule has 0 N–H and O–H groups in total. The number of amides is 1. The number of ether oxygens (including phenoxy) is 2. The fourth-order valence-electron chi connectivity index (χ4n) is 3.62. The summed E-state index contributed by atoms with van der Waals surface area (Å²) in [6, 6.07) is 0. The van der Waals surface area contributed by atoms with E-state index in [0.717, 1.165) is 52.0 Å². The number of carbonyl (C=O) groups is 1. The van der Waals surface area contributed by atoms with Crippen molar-refractivity contribution in [1.29, 1.82) is 0 Å². The summed E-state index contributed by atoms with van der Waals surface area (Å²) in [5.41, 5.74) is 0.0210. The molecule has 0 radical (unpaired) electrons. The fourth-order valence-corrected chi connectivity index (χ4v) is 3.62. The third kappa shape index (κ3) is 3.53. The fraction of sp³-hybridized carbons (Fsp3) is 0.938. The average Bonchev–Trinajstić information content (AvgIpc) is 2.79. The molecule has 2 aliphatic rings. The maximum absolute atomic E-state index is 12.1. The summed E-state index contributed by atoms with van der Waals surface area (Å²) in [6.07, 6.45) is 4.87. The van der Waals surface area contributed by atoms with Gasteiger partial charge in [0.1, 0.15) is 0 Å². The Bertz CT molecular complexity index is 322. The first kappa shape index (κ1) is 15.8. The van der Waals surface area contributed by atoms with E-state index in [1.165, 1.54) is 0 Å². The highest BCUT2D eigenvalue weighted by atomic mass is 16.5. The van der Waals surface area contributed by atoms with Crippen molar-refractivity contribution in [2.75, 3.05) is 33.4 Å². The first-order chi connectivity index (χ1) is 9.57. The number of rotatable bonds is 5. The predicted octanol–water partition coefficient (Wildman–Crippen LogP) is 2.47. The van der Waals surface area contributed by atoms with E-state index in [0.29, 0.717) is 24.2 Å². The van der Waals surface area contributed by atoms with Crippen LogP contribution < -0.4 is 0 Å². The number of carbonyl (C=O) groups excluding carboxylic acids is 1. The summed E-state index contributed by atoms with van der Waals surface area (Å²) >= 11 is 0. The van der Waals surface area contributed by atoms with Gasteiger partial charge in [0.15, 0.2) is 0 Å². The highest BCUT2D eigenvalue weighted by Crippen LogP contribution is 2.42. The van der Waals surface area contributed by atoms with Gasteiger partial charge in [0.2, 0.25) is 5.91 Å². The molecule has 0 aromatic heterocycles. The Morgan fingerprint density at radius 1 is 1.40 bits per heavy atom. The summed E-state index contributed by atoms with van der Waals surface area (Å²) in [5, 5.41) is 0. The van der Waals surface area contributed by atoms with Crippen molar-refractivity contribution < 1.29 is 14.3 Å². The topological polar surface area (TPSA) is 38.8 Å². The summed E-state index contributed by atoms with van der Waals surface area (Å²) in [4.78, 5) is 14.2. The third-order valence-electron chi connectivity index (χ3n) is 4.82. The molecule has 2 saturated heterocycles. The lowest BCUT2D eigenvalue weighted by Gasteiger charge is -2.42. The second-order valence-electron chi connectivity index (χ2n) is 6.66. The monoisotopic (exact) mass is 283 g/mol. The number of hydrogen-bond donors (Lipinski definition) is 0. The molecule has 2 fully saturated rings. The zero-order valence-corrected chi connectivity index (χ0v) is 13.2. The van der Waals surface area contributed by atoms with Crippen LogP contribution in [0, 0.1) is 11.8 Å². The molecular formula is C16H29NO3. The standard InChI is InChI=1S/C16H29NO3/c1-13(2)12-15(18)17-8-6-16(7-9-17)14(4-10-19-3)5-11-20-16/h13-14H,4-12H2,1-3H3/t14-/m0/s1. The number of nitrogens with zero attached hydrogens (tertiary/aromatic N) is 1. The zero-order valence-electron chi connectivity index (χ0n) is 13.2. The van der Waals surface area contributed by atoms with E-state index in [4.69, 9.17) is 9.47 Å². The van der Waals surface area contributed by atoms with Crippen LogP contribution in [0.15, 0.2) is 0 Å². The molecule has 0 aromatic rings. The molecule has 0 unspecified atom stereocenters. The van der Waals surface area contributed by atoms with E-state index < -0.39 is 0 Å². The van der Waals surface area contributed by atoms with Crippen LogP contribution in [-0.4, -0.2) is 49.8 Å². The number of piperidine rings is 1. The number of hydrogen-bond acceptors (Lipinski definition) is 3. The Labute approximate surface area is 122 Å². The minimum atomic E-state index is 0.0210. The average molecular weight is 283 g/mol. The maximum Gasteiger partial charge on any atom is 0.222 e. The molecule has 1 atom stereocenters. The molecule has 4 heteroatoms. The van der Waals surface area contributed by atoms with E-state index in [1.54, 1.807) is 7.11 Å². The van der Waals surface area contributed by atoms with E-state index in [9.17, 15) is 4.79 Å². The Morgan fingerprint density at radius 2 is 2.10 bits per heavy atom. The van der Waals surface area contributed by atoms with E-state index in [1.807, 2.05) is 4.90 Å². The second kappa shape index (κ2) is 6.90. The van der Waals surface area contributed by atoms with Crippen molar-refractivity contribution in [2.45, 2.75) is 51.6 Å². The Morgan fingerprint density at radius 3 is 2.70 bits per heavy atom. The van der Waals surface area contributed by atoms with Crippen LogP contribution in [0.5, 0.6) is 0 Å². The van der Waals surface area contributed by atoms with Crippen molar-refractivity contribution in [3.8, 4) is 0 Å². The first-order valence-corrected chi connectivity index (χ1v) is 7.98. The van der Waals surface area contributed by atoms with E-state index >= 15 is 0 Å². The Balaban J connectivity index is 1.87. The number of methoxy groups -OCH3 is 1. The molecule has 0 aromatic carbocycles. The van der Waals surface area contributed by atoms with Crippen LogP contribution in [0.1, 0.15) is 46.0 Å². The SMILES string of the molecule is COCC[C@H]1CCOC12CCN(C(=O)CC(C)C)CC2. The lowest BCUT2D eigenvalue weighted by Crippen LogP contribution is -2.49. The highest BCUT2D eigenvalue weighted by Gasteiger charge is 2.46. The van der Waals surface area contributed by atoms with Gasteiger partial charge in [-0.15, -0.1) is 0 Å². The van der Waals surface area contributed by atoms with Gasteiger partial charge in [-0.3, -0.25) is 4.79 Å². The summed E-state index contributed by atoms with van der Waals surface area (Å²) < 4.78 is 11.3. The highest BCUT2D eigenvalue weighted by molar-refractivity contribution is 5.76. The van der Waals surface area contributed by atoms with Gasteiger partial charge in [0, 0.05) is 39.8 Å². The van der Waals surface area contributed by atoms with E-state index in [-0.39, 0.29) is 5.60 Å². The van der Waals surface area contributed by atoms with Crippen molar-refractivity contribution in [2.24, 2.45) is 11.8 Å². The second-order valence-corrected chi connectivity index (χ2v) is 6.66. The quantitative estimate of drug-likeness (QED) is 0.778. The lowest BCUT2D eigenvalue weighted by atomic mass is 9.78. The Hall–Kier alpha value is -0.610. The largest absolute Gasteiger partial charge is 0.385 e. The van der Waals surface area contributed by atoms with E-state index in [2.05, 4.69) is 13.8 Å². The molecule has 0 bridgehead atoms. The molecule has 0 saturated carbocycles. The molecule has 2 aliphatic heterocycles. The van der Waals surface area contributed by atoms with Gasteiger partial charge in [0.05, 0.1) is 5.60 Å². The van der Waals surface area contributed by atoms with Gasteiger partial charge in [-0.05, 0) is 37.5 Å². The predicted molar refractivity (Wildman–Crippen MR) is 78.6 cm³/mol. The maximum atomic E-state index is 12.1. The molecular weight excluding hydrogens is 254 g/mol. The van der Waals surface area contributed by atoms with Crippen LogP contribution in [0.3, 0.4) is 0 Å². The van der Waals surface area contributed by atoms with Crippen molar-refractivity contribution in [3.05, 3.63) is 0 Å². The van der Waals surface area contributed by atoms with Gasteiger partial charge in [-0.25, -0.2) is 0 Å². The van der Waals surface area contributed by atoms with Gasteiger partial charge >= 0.3 is 0 Å². The van der Waals surface area contributed by atoms with Crippen LogP contribution in [0.25, 0.3) is 0 Å². The first-order valence-electron chi connectivity index (χ1n) is 7.98. The molecule has 1 spiro atoms. The minimum Gasteiger partial charge on any atom is -0.385 e. The molecule has 116 valence electrons. The summed E-state index contributed by atoms with van der Waals surface area (Å²) in [7, 11) is 1.76. The molecule has 4 nitrogen and oxygen atoms in total. The smallest absolute Gasteiger partial charge is 0.222 e. The molecule has 2 heterocycles. The zero-order chi connectivity index (χ0) is 14.6. The molecule has 1 amide bonds. The van der Waals surface area contributed by atoms with Gasteiger partial charge in [0.25, 0.3) is 0 Å². The third-order valence-corrected chi connectivity index (χ3v) is 4.82. The minimum absolute atomic E-state index is 0.0210. The van der Waals surface area contributed by atoms with Crippen molar-refractivity contribution >= 4 is 5.91 Å². The molecule has 0 aliphatic carbocycles. The van der Waals surface area contributed by atoms with Crippen molar-refractivity contribution in [1.82, 2.24) is 4.90 Å². The Kier molecular flexibility index (Phi) is 5.44. The van der Waals surface area contributed by atoms with Crippen LogP contribution in [0.2, 0.25) is 0 Å². The molecule has 20 heavy (non-hydrogen) atoms. The van der Waals surface area contributed by atoms with Crippen LogP contribution in [-0.2, 0) is 14.3 Å². The summed E-state index contributed by atoms with van der Waals surface area (Å²) in [6.45, 7) is 7.60. The van der Waals surface area contributed by atoms with Gasteiger partial charge in [-0.2, -0.15) is 0 Å². The van der Waals surface area contributed by atoms with Crippen LogP contribution in [0.4, 0.5) is 0 Å². The molecule has 2 rings (SSSR count). The lowest BCUT2D eigenvalue weighted by molar-refractivity contribution is -0.138. The number of likely N-dealkylation sites (tertiary alicyclic amines) is 1.